The van der Waals surface area contributed by atoms with Crippen LogP contribution in [-0.4, -0.2) is 53.6 Å². The molecule has 12 nitrogen and oxygen atoms in total. The van der Waals surface area contributed by atoms with Crippen molar-refractivity contribution in [3.63, 3.8) is 0 Å². The van der Waals surface area contributed by atoms with E-state index >= 15 is 4.39 Å². The Labute approximate surface area is 278 Å². The largest absolute Gasteiger partial charge is 0.487 e. The van der Waals surface area contributed by atoms with E-state index in [0.29, 0.717) is 46.9 Å². The Morgan fingerprint density at radius 3 is 2.43 bits per heavy atom. The average molecular weight is 675 g/mol. The molecule has 0 aliphatic carbocycles. The summed E-state index contributed by atoms with van der Waals surface area (Å²) in [5, 5.41) is 3.07. The molecule has 0 radical (unpaired) electrons. The predicted octanol–water partition coefficient (Wildman–Crippen LogP) is 5.33. The first-order valence-electron chi connectivity index (χ1n) is 15.3. The van der Waals surface area contributed by atoms with Crippen molar-refractivity contribution < 1.29 is 37.3 Å². The quantitative estimate of drug-likeness (QED) is 0.195. The number of anilines is 1. The van der Waals surface area contributed by atoms with Crippen molar-refractivity contribution in [3.8, 4) is 34.4 Å². The Bertz CT molecular complexity index is 2180. The molecule has 5 aromatic rings. The number of hydrogen-bond donors (Lipinski definition) is 1. The fourth-order valence-corrected chi connectivity index (χ4v) is 5.39. The summed E-state index contributed by atoms with van der Waals surface area (Å²) >= 11 is 0. The fourth-order valence-electron chi connectivity index (χ4n) is 5.39. The summed E-state index contributed by atoms with van der Waals surface area (Å²) in [6.45, 7) is 4.88. The molecule has 0 saturated heterocycles. The molecular formula is C35H32F2N4O8. The molecule has 1 amide bonds. The van der Waals surface area contributed by atoms with E-state index < -0.39 is 28.8 Å². The number of ether oxygens (including phenoxy) is 5. The Balaban J connectivity index is 1.35. The molecule has 0 fully saturated rings. The molecule has 254 valence electrons. The van der Waals surface area contributed by atoms with Gasteiger partial charge in [0.25, 0.3) is 11.5 Å². The van der Waals surface area contributed by atoms with E-state index in [2.05, 4.69) is 10.3 Å². The Morgan fingerprint density at radius 2 is 1.71 bits per heavy atom. The maximum absolute atomic E-state index is 15.8. The lowest BCUT2D eigenvalue weighted by Gasteiger charge is -2.24. The fraction of sp³-hybridized carbons (Fsp3) is 0.257. The maximum Gasteiger partial charge on any atom is 0.335 e. The van der Waals surface area contributed by atoms with Crippen LogP contribution in [0.3, 0.4) is 0 Å². The third-order valence-electron chi connectivity index (χ3n) is 7.76. The molecule has 49 heavy (non-hydrogen) atoms. The minimum atomic E-state index is -0.926. The Kier molecular flexibility index (Phi) is 9.31. The van der Waals surface area contributed by atoms with Gasteiger partial charge in [0.2, 0.25) is 5.75 Å². The van der Waals surface area contributed by atoms with E-state index in [1.54, 1.807) is 19.2 Å². The second kappa shape index (κ2) is 13.8. The number of pyridine rings is 1. The van der Waals surface area contributed by atoms with Crippen LogP contribution in [0, 0.1) is 11.6 Å². The number of nitrogens with one attached hydrogen (secondary N) is 1. The van der Waals surface area contributed by atoms with Gasteiger partial charge in [0.15, 0.2) is 23.1 Å². The van der Waals surface area contributed by atoms with Gasteiger partial charge in [-0.2, -0.15) is 0 Å². The number of halogens is 2. The second-order valence-corrected chi connectivity index (χ2v) is 11.4. The average Bonchev–Trinajstić information content (AvgIpc) is 3.08. The van der Waals surface area contributed by atoms with Crippen molar-refractivity contribution in [2.24, 2.45) is 7.05 Å². The Hall–Kier alpha value is -5.76. The van der Waals surface area contributed by atoms with Gasteiger partial charge >= 0.3 is 5.69 Å². The summed E-state index contributed by atoms with van der Waals surface area (Å²) in [4.78, 5) is 44.1. The summed E-state index contributed by atoms with van der Waals surface area (Å²) in [5.74, 6) is -1.25. The van der Waals surface area contributed by atoms with Crippen LogP contribution in [0.2, 0.25) is 0 Å². The molecule has 3 heterocycles. The van der Waals surface area contributed by atoms with Crippen LogP contribution >= 0.6 is 0 Å². The van der Waals surface area contributed by atoms with Crippen LogP contribution in [0.5, 0.6) is 28.7 Å². The van der Waals surface area contributed by atoms with Crippen molar-refractivity contribution in [3.05, 3.63) is 105 Å². The van der Waals surface area contributed by atoms with Gasteiger partial charge in [-0.25, -0.2) is 18.1 Å². The molecule has 3 aromatic carbocycles. The number of rotatable bonds is 10. The number of nitrogens with zero attached hydrogens (tertiary/aromatic N) is 3. The lowest BCUT2D eigenvalue weighted by molar-refractivity contribution is 0.102. The van der Waals surface area contributed by atoms with Crippen molar-refractivity contribution >= 4 is 22.5 Å². The SMILES string of the molecule is COCCOc1cc2nccc(Oc3cc(C(C)C)c(NC(=O)c4cn(C)c(=O)n(-c5ccc(F)cc5)c4=O)cc3F)c2c2c1OCCO2. The van der Waals surface area contributed by atoms with Crippen LogP contribution in [-0.2, 0) is 11.8 Å². The molecule has 0 saturated carbocycles. The van der Waals surface area contributed by atoms with Crippen molar-refractivity contribution in [1.29, 1.82) is 0 Å². The standard InChI is InChI=1S/C35H32F2N4O8/c1-19(2)22-15-28(49-27-9-10-38-26-17-29(46-12-11-45-4)31-32(30(26)27)48-14-13-47-31)24(37)16-25(22)39-33(42)23-18-40(3)35(44)41(34(23)43)21-7-5-20(36)6-8-21/h5-10,15-19H,11-14H2,1-4H3,(H,39,42). The number of carbonyl (C=O) groups is 1. The summed E-state index contributed by atoms with van der Waals surface area (Å²) in [6.07, 6.45) is 2.60. The van der Waals surface area contributed by atoms with Crippen molar-refractivity contribution in [1.82, 2.24) is 14.1 Å². The van der Waals surface area contributed by atoms with E-state index in [9.17, 15) is 18.8 Å². The first-order valence-corrected chi connectivity index (χ1v) is 15.3. The third-order valence-corrected chi connectivity index (χ3v) is 7.76. The summed E-state index contributed by atoms with van der Waals surface area (Å²) in [6, 6.07) is 10.5. The lowest BCUT2D eigenvalue weighted by Crippen LogP contribution is -2.41. The smallest absolute Gasteiger partial charge is 0.335 e. The highest BCUT2D eigenvalue weighted by atomic mass is 19.1. The molecular weight excluding hydrogens is 642 g/mol. The summed E-state index contributed by atoms with van der Waals surface area (Å²) in [5.41, 5.74) is -0.909. The zero-order valence-electron chi connectivity index (χ0n) is 27.0. The highest BCUT2D eigenvalue weighted by Crippen LogP contribution is 2.48. The number of amides is 1. The molecule has 1 N–H and O–H groups in total. The molecule has 1 aliphatic rings. The number of benzene rings is 3. The van der Waals surface area contributed by atoms with Gasteiger partial charge < -0.3 is 33.6 Å². The van der Waals surface area contributed by atoms with Crippen LogP contribution in [0.4, 0.5) is 14.5 Å². The van der Waals surface area contributed by atoms with E-state index in [1.165, 1.54) is 31.4 Å². The number of aryl methyl sites for hydroxylation is 1. The zero-order chi connectivity index (χ0) is 34.8. The first kappa shape index (κ1) is 33.2. The monoisotopic (exact) mass is 674 g/mol. The molecule has 0 bridgehead atoms. The van der Waals surface area contributed by atoms with Gasteiger partial charge in [-0.15, -0.1) is 0 Å². The van der Waals surface area contributed by atoms with E-state index in [-0.39, 0.29) is 47.6 Å². The van der Waals surface area contributed by atoms with Gasteiger partial charge in [-0.1, -0.05) is 13.8 Å². The number of methoxy groups -OCH3 is 1. The van der Waals surface area contributed by atoms with Crippen molar-refractivity contribution in [2.45, 2.75) is 19.8 Å². The van der Waals surface area contributed by atoms with E-state index in [1.807, 2.05) is 13.8 Å². The van der Waals surface area contributed by atoms with Gasteiger partial charge in [-0.05, 0) is 47.9 Å². The van der Waals surface area contributed by atoms with Crippen LogP contribution in [0.15, 0.2) is 70.5 Å². The molecule has 6 rings (SSSR count). The molecule has 14 heteroatoms. The Morgan fingerprint density at radius 1 is 0.980 bits per heavy atom. The normalized spacial score (nSPS) is 12.3. The van der Waals surface area contributed by atoms with E-state index in [4.69, 9.17) is 23.7 Å². The molecule has 0 unspecified atom stereocenters. The minimum Gasteiger partial charge on any atom is -0.487 e. The van der Waals surface area contributed by atoms with Gasteiger partial charge in [-0.3, -0.25) is 14.6 Å². The lowest BCUT2D eigenvalue weighted by atomic mass is 10.00. The topological polar surface area (TPSA) is 132 Å². The molecule has 2 aromatic heterocycles. The highest BCUT2D eigenvalue weighted by molar-refractivity contribution is 6.04. The van der Waals surface area contributed by atoms with E-state index in [0.717, 1.165) is 33.5 Å². The molecule has 0 spiro atoms. The second-order valence-electron chi connectivity index (χ2n) is 11.4. The minimum absolute atomic E-state index is 0.0776. The molecule has 1 aliphatic heterocycles. The van der Waals surface area contributed by atoms with Crippen LogP contribution < -0.4 is 35.5 Å². The molecule has 0 atom stereocenters. The van der Waals surface area contributed by atoms with Crippen molar-refractivity contribution in [2.75, 3.05) is 38.9 Å². The highest BCUT2D eigenvalue weighted by Gasteiger charge is 2.26. The van der Waals surface area contributed by atoms with Gasteiger partial charge in [0.1, 0.15) is 37.0 Å². The first-order chi connectivity index (χ1) is 23.6. The van der Waals surface area contributed by atoms with Gasteiger partial charge in [0.05, 0.1) is 23.2 Å². The van der Waals surface area contributed by atoms with Crippen LogP contribution in [0.25, 0.3) is 16.6 Å². The maximum atomic E-state index is 15.8. The number of fused-ring (bicyclic) bond motifs is 3. The van der Waals surface area contributed by atoms with Crippen LogP contribution in [0.1, 0.15) is 35.7 Å². The number of aromatic nitrogens is 3. The predicted molar refractivity (Wildman–Crippen MR) is 176 cm³/mol. The number of hydrogen-bond acceptors (Lipinski definition) is 9. The summed E-state index contributed by atoms with van der Waals surface area (Å²) in [7, 11) is 2.94. The van der Waals surface area contributed by atoms with Gasteiger partial charge in [0, 0.05) is 44.4 Å². The zero-order valence-corrected chi connectivity index (χ0v) is 27.0. The third kappa shape index (κ3) is 6.54. The summed E-state index contributed by atoms with van der Waals surface area (Å²) < 4.78 is 60.0. The number of carbonyl (C=O) groups excluding carboxylic acids is 1.